The molecule has 1 unspecified atom stereocenters. The number of nitrogens with one attached hydrogen (secondary N) is 1. The first-order chi connectivity index (χ1) is 11.6. The summed E-state index contributed by atoms with van der Waals surface area (Å²) >= 11 is 2.99. The molecule has 0 aromatic carbocycles. The van der Waals surface area contributed by atoms with Gasteiger partial charge >= 0.3 is 0 Å². The van der Waals surface area contributed by atoms with Crippen molar-refractivity contribution < 1.29 is 4.79 Å². The van der Waals surface area contributed by atoms with Crippen LogP contribution in [0.2, 0.25) is 0 Å². The molecule has 0 saturated carbocycles. The van der Waals surface area contributed by atoms with E-state index in [4.69, 9.17) is 0 Å². The van der Waals surface area contributed by atoms with Gasteiger partial charge in [-0.25, -0.2) is 4.98 Å². The number of rotatable bonds is 5. The minimum absolute atomic E-state index is 0.0277. The Hall–Kier alpha value is -1.81. The van der Waals surface area contributed by atoms with Gasteiger partial charge in [-0.1, -0.05) is 23.5 Å². The average molecular weight is 366 g/mol. The fourth-order valence-corrected chi connectivity index (χ4v) is 4.11. The second-order valence-electron chi connectivity index (χ2n) is 5.51. The van der Waals surface area contributed by atoms with Gasteiger partial charge in [0.1, 0.15) is 6.33 Å². The monoisotopic (exact) mass is 366 g/mol. The number of amides is 1. The Bertz CT molecular complexity index is 803. The predicted octanol–water partition coefficient (Wildman–Crippen LogP) is 0.311. The molecule has 128 valence electrons. The van der Waals surface area contributed by atoms with Crippen LogP contribution in [0.4, 0.5) is 0 Å². The third-order valence-electron chi connectivity index (χ3n) is 3.67. The van der Waals surface area contributed by atoms with Crippen molar-refractivity contribution in [3.63, 3.8) is 0 Å². The van der Waals surface area contributed by atoms with Gasteiger partial charge in [0, 0.05) is 43.4 Å². The smallest absolute Gasteiger partial charge is 0.257 e. The summed E-state index contributed by atoms with van der Waals surface area (Å²) in [7, 11) is 1.88. The molecule has 1 amide bonds. The summed E-state index contributed by atoms with van der Waals surface area (Å²) < 4.78 is 3.44. The fraction of sp³-hybridized carbons (Fsp3) is 0.500. The van der Waals surface area contributed by atoms with Crippen molar-refractivity contribution in [1.29, 1.82) is 0 Å². The van der Waals surface area contributed by atoms with Crippen LogP contribution in [0.5, 0.6) is 0 Å². The van der Waals surface area contributed by atoms with Crippen LogP contribution < -0.4 is 10.9 Å². The van der Waals surface area contributed by atoms with Gasteiger partial charge in [-0.2, -0.15) is 0 Å². The second-order valence-corrected chi connectivity index (χ2v) is 7.56. The highest BCUT2D eigenvalue weighted by Crippen LogP contribution is 2.24. The van der Waals surface area contributed by atoms with E-state index in [2.05, 4.69) is 20.5 Å². The topological polar surface area (TPSA) is 94.7 Å². The summed E-state index contributed by atoms with van der Waals surface area (Å²) in [5.74, 6) is 1.11. The molecule has 3 rings (SSSR count). The van der Waals surface area contributed by atoms with E-state index in [1.165, 1.54) is 23.5 Å². The number of fused-ring (bicyclic) bond motifs is 1. The van der Waals surface area contributed by atoms with Gasteiger partial charge in [0.25, 0.3) is 5.56 Å². The van der Waals surface area contributed by atoms with Crippen molar-refractivity contribution in [3.8, 4) is 0 Å². The summed E-state index contributed by atoms with van der Waals surface area (Å²) in [4.78, 5) is 28.8. The van der Waals surface area contributed by atoms with Crippen LogP contribution in [0.25, 0.3) is 0 Å². The number of thioether (sulfide) groups is 2. The molecule has 0 aliphatic carbocycles. The highest BCUT2D eigenvalue weighted by Gasteiger charge is 2.26. The second kappa shape index (κ2) is 7.39. The van der Waals surface area contributed by atoms with E-state index in [-0.39, 0.29) is 17.4 Å². The molecular weight excluding hydrogens is 348 g/mol. The lowest BCUT2D eigenvalue weighted by molar-refractivity contribution is -0.124. The van der Waals surface area contributed by atoms with Gasteiger partial charge in [0.2, 0.25) is 5.91 Å². The van der Waals surface area contributed by atoms with E-state index >= 15 is 0 Å². The van der Waals surface area contributed by atoms with Gasteiger partial charge in [-0.15, -0.1) is 10.2 Å². The van der Waals surface area contributed by atoms with E-state index in [1.807, 2.05) is 11.6 Å². The molecule has 24 heavy (non-hydrogen) atoms. The zero-order chi connectivity index (χ0) is 17.1. The number of hydrogen-bond acceptors (Lipinski definition) is 7. The Morgan fingerprint density at radius 1 is 1.54 bits per heavy atom. The lowest BCUT2D eigenvalue weighted by Gasteiger charge is -2.24. The number of carbonyl (C=O) groups excluding carboxylic acids is 1. The molecular formula is C14H18N6O2S2. The molecule has 1 aliphatic heterocycles. The molecule has 1 aliphatic rings. The van der Waals surface area contributed by atoms with Gasteiger partial charge in [-0.05, 0) is 6.92 Å². The van der Waals surface area contributed by atoms with Gasteiger partial charge in [0.05, 0.1) is 5.92 Å². The van der Waals surface area contributed by atoms with Crippen LogP contribution in [0.15, 0.2) is 27.6 Å². The van der Waals surface area contributed by atoms with Crippen LogP contribution in [-0.4, -0.2) is 48.3 Å². The highest BCUT2D eigenvalue weighted by molar-refractivity contribution is 7.99. The SMILES string of the molecule is Cc1cnc2n(c1=O)CC(C(=O)NCCSc1nncn1C)CS2. The highest BCUT2D eigenvalue weighted by atomic mass is 32.2. The van der Waals surface area contributed by atoms with E-state index in [1.54, 1.807) is 24.0 Å². The normalized spacial score (nSPS) is 16.7. The van der Waals surface area contributed by atoms with Crippen LogP contribution in [-0.2, 0) is 18.4 Å². The van der Waals surface area contributed by atoms with Crippen LogP contribution in [0, 0.1) is 12.8 Å². The summed E-state index contributed by atoms with van der Waals surface area (Å²) in [6, 6.07) is 0. The molecule has 10 heteroatoms. The molecule has 2 aromatic heterocycles. The Morgan fingerprint density at radius 2 is 2.38 bits per heavy atom. The fourth-order valence-electron chi connectivity index (χ4n) is 2.32. The quantitative estimate of drug-likeness (QED) is 0.462. The Balaban J connectivity index is 1.52. The van der Waals surface area contributed by atoms with Gasteiger partial charge in [-0.3, -0.25) is 14.2 Å². The molecule has 0 radical (unpaired) electrons. The third-order valence-corrected chi connectivity index (χ3v) is 5.86. The molecule has 8 nitrogen and oxygen atoms in total. The van der Waals surface area contributed by atoms with Crippen molar-refractivity contribution in [2.45, 2.75) is 23.8 Å². The molecule has 0 bridgehead atoms. The van der Waals surface area contributed by atoms with Crippen molar-refractivity contribution in [2.75, 3.05) is 18.1 Å². The molecule has 3 heterocycles. The van der Waals surface area contributed by atoms with E-state index < -0.39 is 0 Å². The maximum atomic E-state index is 12.3. The van der Waals surface area contributed by atoms with E-state index in [0.29, 0.717) is 29.6 Å². The number of hydrogen-bond donors (Lipinski definition) is 1. The minimum atomic E-state index is -0.219. The summed E-state index contributed by atoms with van der Waals surface area (Å²) in [6.07, 6.45) is 3.23. The minimum Gasteiger partial charge on any atom is -0.355 e. The summed E-state index contributed by atoms with van der Waals surface area (Å²) in [5.41, 5.74) is 0.531. The van der Waals surface area contributed by atoms with Crippen LogP contribution in [0.3, 0.4) is 0 Å². The number of aromatic nitrogens is 5. The first-order valence-electron chi connectivity index (χ1n) is 7.50. The maximum Gasteiger partial charge on any atom is 0.257 e. The first-order valence-corrected chi connectivity index (χ1v) is 9.47. The lowest BCUT2D eigenvalue weighted by atomic mass is 10.1. The van der Waals surface area contributed by atoms with E-state index in [0.717, 1.165) is 10.9 Å². The van der Waals surface area contributed by atoms with Crippen molar-refractivity contribution in [1.82, 2.24) is 29.6 Å². The third kappa shape index (κ3) is 3.64. The zero-order valence-corrected chi connectivity index (χ0v) is 15.1. The lowest BCUT2D eigenvalue weighted by Crippen LogP contribution is -2.40. The summed E-state index contributed by atoms with van der Waals surface area (Å²) in [5, 5.41) is 12.2. The molecule has 2 aromatic rings. The molecule has 0 spiro atoms. The standard InChI is InChI=1S/C14H18N6O2S2/c1-9-5-16-13-20(12(9)22)6-10(7-24-13)11(21)15-3-4-23-14-18-17-8-19(14)2/h5,8,10H,3-4,6-7H2,1-2H3,(H,15,21). The van der Waals surface area contributed by atoms with Crippen LogP contribution in [0.1, 0.15) is 5.56 Å². The molecule has 0 fully saturated rings. The maximum absolute atomic E-state index is 12.3. The number of carbonyl (C=O) groups is 1. The number of nitrogens with zero attached hydrogens (tertiary/aromatic N) is 5. The molecule has 1 N–H and O–H groups in total. The van der Waals surface area contributed by atoms with Crippen molar-refractivity contribution in [2.24, 2.45) is 13.0 Å². The van der Waals surface area contributed by atoms with Gasteiger partial charge in [0.15, 0.2) is 10.3 Å². The average Bonchev–Trinajstić information content (AvgIpc) is 3.00. The predicted molar refractivity (Wildman–Crippen MR) is 92.2 cm³/mol. The van der Waals surface area contributed by atoms with E-state index in [9.17, 15) is 9.59 Å². The summed E-state index contributed by atoms with van der Waals surface area (Å²) in [6.45, 7) is 2.67. The van der Waals surface area contributed by atoms with Crippen molar-refractivity contribution >= 4 is 29.4 Å². The van der Waals surface area contributed by atoms with Crippen LogP contribution >= 0.6 is 23.5 Å². The number of aryl methyl sites for hydroxylation is 2. The molecule has 0 saturated heterocycles. The van der Waals surface area contributed by atoms with Crippen molar-refractivity contribution in [3.05, 3.63) is 28.4 Å². The largest absolute Gasteiger partial charge is 0.355 e. The Kier molecular flexibility index (Phi) is 5.24. The Labute approximate surface area is 147 Å². The van der Waals surface area contributed by atoms with Gasteiger partial charge < -0.3 is 9.88 Å². The first kappa shape index (κ1) is 17.0. The molecule has 1 atom stereocenters. The Morgan fingerprint density at radius 3 is 3.12 bits per heavy atom. The zero-order valence-electron chi connectivity index (χ0n) is 13.4.